The molecule has 0 saturated carbocycles. The van der Waals surface area contributed by atoms with Crippen molar-refractivity contribution in [1.29, 1.82) is 0 Å². The van der Waals surface area contributed by atoms with Crippen molar-refractivity contribution in [3.63, 3.8) is 0 Å². The Morgan fingerprint density at radius 1 is 1.36 bits per heavy atom. The summed E-state index contributed by atoms with van der Waals surface area (Å²) in [6.45, 7) is 9.61. The van der Waals surface area contributed by atoms with Crippen LogP contribution in [0.3, 0.4) is 0 Å². The summed E-state index contributed by atoms with van der Waals surface area (Å²) in [4.78, 5) is 7.40. The van der Waals surface area contributed by atoms with E-state index >= 15 is 0 Å². The van der Waals surface area contributed by atoms with E-state index in [0.717, 1.165) is 31.3 Å². The lowest BCUT2D eigenvalue weighted by Crippen LogP contribution is -2.49. The number of sulfonamides is 1. The Bertz CT molecular complexity index is 754. The van der Waals surface area contributed by atoms with Crippen molar-refractivity contribution in [2.45, 2.75) is 37.5 Å². The molecule has 1 aliphatic heterocycles. The van der Waals surface area contributed by atoms with Crippen LogP contribution in [0.25, 0.3) is 0 Å². The summed E-state index contributed by atoms with van der Waals surface area (Å²) in [6, 6.07) is 7.11. The summed E-state index contributed by atoms with van der Waals surface area (Å²) in [6.07, 6.45) is 0. The first-order valence-electron chi connectivity index (χ1n) is 9.42. The second-order valence-corrected chi connectivity index (χ2v) is 10.6. The number of benzene rings is 1. The van der Waals surface area contributed by atoms with Crippen LogP contribution in [-0.2, 0) is 16.6 Å². The van der Waals surface area contributed by atoms with Crippen LogP contribution in [0, 0.1) is 5.92 Å². The molecule has 0 radical (unpaired) electrons. The zero-order chi connectivity index (χ0) is 20.0. The smallest absolute Gasteiger partial charge is 0.242 e. The zero-order valence-corrected chi connectivity index (χ0v) is 21.3. The predicted molar refractivity (Wildman–Crippen MR) is 130 cm³/mol. The van der Waals surface area contributed by atoms with Crippen LogP contribution in [0.15, 0.2) is 34.2 Å². The molecule has 0 amide bonds. The third-order valence-electron chi connectivity index (χ3n) is 4.60. The van der Waals surface area contributed by atoms with Gasteiger partial charge in [0.15, 0.2) is 5.96 Å². The largest absolute Gasteiger partial charge is 0.357 e. The van der Waals surface area contributed by atoms with Crippen molar-refractivity contribution in [2.75, 3.05) is 39.5 Å². The van der Waals surface area contributed by atoms with Crippen LogP contribution in [0.5, 0.6) is 0 Å². The van der Waals surface area contributed by atoms with E-state index in [2.05, 4.69) is 31.0 Å². The highest BCUT2D eigenvalue weighted by molar-refractivity contribution is 14.0. The van der Waals surface area contributed by atoms with Crippen LogP contribution >= 0.6 is 35.7 Å². The van der Waals surface area contributed by atoms with Gasteiger partial charge in [0.05, 0.1) is 11.4 Å². The quantitative estimate of drug-likeness (QED) is 0.342. The lowest BCUT2D eigenvalue weighted by Gasteiger charge is -2.36. The Kier molecular flexibility index (Phi) is 10.6. The molecule has 1 heterocycles. The molecule has 0 aromatic heterocycles. The monoisotopic (exact) mass is 540 g/mol. The Hall–Kier alpha value is -0.520. The number of halogens is 1. The van der Waals surface area contributed by atoms with E-state index in [1.54, 1.807) is 26.2 Å². The van der Waals surface area contributed by atoms with E-state index in [9.17, 15) is 8.42 Å². The van der Waals surface area contributed by atoms with Crippen molar-refractivity contribution in [1.82, 2.24) is 14.5 Å². The standard InChI is InChI=1S/C19H32N4O2S2.HI/c1-6-20-19(23-11-12-26-17(14-23)15(2)3)21-13-16-9-7-8-10-18(16)27(24,25)22(4)5;/h7-10,15,17H,6,11-14H2,1-5H3,(H,20,21);1H. The molecule has 1 saturated heterocycles. The predicted octanol–water partition coefficient (Wildman–Crippen LogP) is 3.09. The molecule has 1 fully saturated rings. The second kappa shape index (κ2) is 11.6. The van der Waals surface area contributed by atoms with Gasteiger partial charge in [-0.25, -0.2) is 17.7 Å². The summed E-state index contributed by atoms with van der Waals surface area (Å²) >= 11 is 2.02. The highest BCUT2D eigenvalue weighted by atomic mass is 127. The molecule has 0 bridgehead atoms. The SMILES string of the molecule is CCNC(=NCc1ccccc1S(=O)(=O)N(C)C)N1CCSC(C(C)C)C1.I. The van der Waals surface area contributed by atoms with E-state index < -0.39 is 10.0 Å². The fourth-order valence-electron chi connectivity index (χ4n) is 2.94. The van der Waals surface area contributed by atoms with Crippen LogP contribution in [0.1, 0.15) is 26.3 Å². The first kappa shape index (κ1) is 25.5. The third-order valence-corrected chi connectivity index (χ3v) is 8.06. The summed E-state index contributed by atoms with van der Waals surface area (Å²) in [5, 5.41) is 3.96. The van der Waals surface area contributed by atoms with E-state index in [4.69, 9.17) is 4.99 Å². The molecule has 0 aliphatic carbocycles. The van der Waals surface area contributed by atoms with Gasteiger partial charge in [0.25, 0.3) is 0 Å². The average molecular weight is 541 g/mol. The molecular formula is C19H33IN4O2S2. The van der Waals surface area contributed by atoms with Crippen molar-refractivity contribution in [3.05, 3.63) is 29.8 Å². The number of rotatable bonds is 6. The summed E-state index contributed by atoms with van der Waals surface area (Å²) in [5.74, 6) is 2.56. The molecule has 1 atom stereocenters. The first-order chi connectivity index (χ1) is 12.8. The molecule has 1 aromatic rings. The van der Waals surface area contributed by atoms with Gasteiger partial charge in [0.2, 0.25) is 10.0 Å². The molecule has 160 valence electrons. The van der Waals surface area contributed by atoms with Gasteiger partial charge in [0, 0.05) is 44.7 Å². The topological polar surface area (TPSA) is 65.0 Å². The molecule has 1 aliphatic rings. The molecular weight excluding hydrogens is 507 g/mol. The minimum atomic E-state index is -3.49. The summed E-state index contributed by atoms with van der Waals surface area (Å²) < 4.78 is 26.4. The van der Waals surface area contributed by atoms with Gasteiger partial charge in [0.1, 0.15) is 0 Å². The van der Waals surface area contributed by atoms with Crippen LogP contribution in [0.4, 0.5) is 0 Å². The molecule has 28 heavy (non-hydrogen) atoms. The minimum Gasteiger partial charge on any atom is -0.357 e. The molecule has 1 aromatic carbocycles. The molecule has 0 spiro atoms. The lowest BCUT2D eigenvalue weighted by atomic mass is 10.1. The van der Waals surface area contributed by atoms with E-state index in [-0.39, 0.29) is 24.0 Å². The van der Waals surface area contributed by atoms with Gasteiger partial charge < -0.3 is 10.2 Å². The Balaban J connectivity index is 0.00000392. The van der Waals surface area contributed by atoms with Crippen LogP contribution in [-0.4, -0.2) is 68.3 Å². The van der Waals surface area contributed by atoms with E-state index in [0.29, 0.717) is 28.2 Å². The Morgan fingerprint density at radius 2 is 2.04 bits per heavy atom. The van der Waals surface area contributed by atoms with Gasteiger partial charge in [-0.3, -0.25) is 0 Å². The first-order valence-corrected chi connectivity index (χ1v) is 11.9. The van der Waals surface area contributed by atoms with Gasteiger partial charge >= 0.3 is 0 Å². The number of hydrogen-bond acceptors (Lipinski definition) is 4. The van der Waals surface area contributed by atoms with Gasteiger partial charge in [-0.2, -0.15) is 11.8 Å². The fourth-order valence-corrected chi connectivity index (χ4v) is 5.35. The summed E-state index contributed by atoms with van der Waals surface area (Å²) in [5.41, 5.74) is 0.716. The Morgan fingerprint density at radius 3 is 2.64 bits per heavy atom. The van der Waals surface area contributed by atoms with Gasteiger partial charge in [-0.05, 0) is 24.5 Å². The zero-order valence-electron chi connectivity index (χ0n) is 17.4. The number of thioether (sulfide) groups is 1. The number of guanidine groups is 1. The number of nitrogens with one attached hydrogen (secondary N) is 1. The van der Waals surface area contributed by atoms with Crippen molar-refractivity contribution < 1.29 is 8.42 Å². The second-order valence-electron chi connectivity index (χ2n) is 7.16. The van der Waals surface area contributed by atoms with Gasteiger partial charge in [-0.1, -0.05) is 32.0 Å². The highest BCUT2D eigenvalue weighted by Crippen LogP contribution is 2.25. The van der Waals surface area contributed by atoms with Crippen molar-refractivity contribution >= 4 is 51.7 Å². The average Bonchev–Trinajstić information content (AvgIpc) is 2.65. The molecule has 9 heteroatoms. The maximum atomic E-state index is 12.6. The van der Waals surface area contributed by atoms with Crippen LogP contribution in [0.2, 0.25) is 0 Å². The van der Waals surface area contributed by atoms with Gasteiger partial charge in [-0.15, -0.1) is 24.0 Å². The van der Waals surface area contributed by atoms with Crippen molar-refractivity contribution in [2.24, 2.45) is 10.9 Å². The molecule has 6 nitrogen and oxygen atoms in total. The maximum Gasteiger partial charge on any atom is 0.242 e. The van der Waals surface area contributed by atoms with E-state index in [1.807, 2.05) is 23.9 Å². The Labute approximate surface area is 191 Å². The third kappa shape index (κ3) is 6.50. The molecule has 1 unspecified atom stereocenters. The minimum absolute atomic E-state index is 0. The maximum absolute atomic E-state index is 12.6. The number of hydrogen-bond donors (Lipinski definition) is 1. The normalized spacial score (nSPS) is 18.3. The fraction of sp³-hybridized carbons (Fsp3) is 0.632. The molecule has 1 N–H and O–H groups in total. The highest BCUT2D eigenvalue weighted by Gasteiger charge is 2.25. The molecule has 2 rings (SSSR count). The number of nitrogens with zero attached hydrogens (tertiary/aromatic N) is 3. The van der Waals surface area contributed by atoms with Crippen molar-refractivity contribution in [3.8, 4) is 0 Å². The number of aliphatic imine (C=N–C) groups is 1. The summed E-state index contributed by atoms with van der Waals surface area (Å²) in [7, 11) is -0.381. The lowest BCUT2D eigenvalue weighted by molar-refractivity contribution is 0.380. The van der Waals surface area contributed by atoms with Crippen LogP contribution < -0.4 is 5.32 Å². The van der Waals surface area contributed by atoms with E-state index in [1.165, 1.54) is 4.31 Å².